The number of Topliss-reactive ketones (excluding diaryl/α,β-unsaturated/α-hetero) is 2. The van der Waals surface area contributed by atoms with Crippen molar-refractivity contribution in [3.05, 3.63) is 0 Å². The predicted molar refractivity (Wildman–Crippen MR) is 65.1 cm³/mol. The molecule has 0 spiro atoms. The normalized spacial score (nSPS) is 28.4. The number of carbonyl (C=O) groups excluding carboxylic acids is 2. The van der Waals surface area contributed by atoms with Crippen molar-refractivity contribution < 1.29 is 9.59 Å². The molecule has 0 saturated heterocycles. The molecule has 16 heavy (non-hydrogen) atoms. The van der Waals surface area contributed by atoms with Gasteiger partial charge < -0.3 is 0 Å². The van der Waals surface area contributed by atoms with Crippen molar-refractivity contribution in [1.82, 2.24) is 0 Å². The molecule has 2 atom stereocenters. The van der Waals surface area contributed by atoms with Gasteiger partial charge in [0.1, 0.15) is 11.6 Å². The summed E-state index contributed by atoms with van der Waals surface area (Å²) in [5, 5.41) is 0. The molecule has 0 aromatic carbocycles. The van der Waals surface area contributed by atoms with E-state index in [1.165, 1.54) is 0 Å². The summed E-state index contributed by atoms with van der Waals surface area (Å²) in [4.78, 5) is 24.2. The molecule has 0 N–H and O–H groups in total. The first-order valence-corrected chi connectivity index (χ1v) is 6.09. The standard InChI is InChI=1S/C14H24O2/c1-13(2,3)9-7-12(16)10(8-11(9)15)14(4,5)6/h9-10H,7-8H2,1-6H3/t9-,10-/m0/s1. The highest BCUT2D eigenvalue weighted by Gasteiger charge is 2.44. The van der Waals surface area contributed by atoms with E-state index in [-0.39, 0.29) is 34.2 Å². The second kappa shape index (κ2) is 3.97. The first kappa shape index (κ1) is 13.4. The third-order valence-electron chi connectivity index (χ3n) is 3.68. The van der Waals surface area contributed by atoms with Crippen LogP contribution in [0.4, 0.5) is 0 Å². The maximum absolute atomic E-state index is 12.1. The van der Waals surface area contributed by atoms with Crippen molar-refractivity contribution in [2.75, 3.05) is 0 Å². The zero-order valence-corrected chi connectivity index (χ0v) is 11.4. The van der Waals surface area contributed by atoms with Gasteiger partial charge in [-0.15, -0.1) is 0 Å². The average Bonchev–Trinajstić information content (AvgIpc) is 2.04. The lowest BCUT2D eigenvalue weighted by Gasteiger charge is -2.39. The molecule has 1 saturated carbocycles. The summed E-state index contributed by atoms with van der Waals surface area (Å²) in [6.45, 7) is 12.3. The summed E-state index contributed by atoms with van der Waals surface area (Å²) in [7, 11) is 0. The molecule has 0 heterocycles. The molecule has 0 aromatic rings. The lowest BCUT2D eigenvalue weighted by Crippen LogP contribution is -2.43. The second-order valence-electron chi connectivity index (χ2n) is 7.18. The minimum Gasteiger partial charge on any atom is -0.299 e. The van der Waals surface area contributed by atoms with Gasteiger partial charge in [0.2, 0.25) is 0 Å². The Morgan fingerprint density at radius 2 is 1.00 bits per heavy atom. The number of hydrogen-bond donors (Lipinski definition) is 0. The largest absolute Gasteiger partial charge is 0.299 e. The molecule has 92 valence electrons. The Morgan fingerprint density at radius 1 is 0.750 bits per heavy atom. The van der Waals surface area contributed by atoms with Gasteiger partial charge in [0.25, 0.3) is 0 Å². The smallest absolute Gasteiger partial charge is 0.137 e. The Morgan fingerprint density at radius 3 is 1.19 bits per heavy atom. The molecule has 0 bridgehead atoms. The fourth-order valence-electron chi connectivity index (χ4n) is 2.49. The van der Waals surface area contributed by atoms with Crippen LogP contribution in [0.15, 0.2) is 0 Å². The van der Waals surface area contributed by atoms with Gasteiger partial charge in [0.15, 0.2) is 0 Å². The van der Waals surface area contributed by atoms with E-state index in [0.717, 1.165) is 0 Å². The van der Waals surface area contributed by atoms with Crippen LogP contribution < -0.4 is 0 Å². The van der Waals surface area contributed by atoms with E-state index in [0.29, 0.717) is 12.8 Å². The lowest BCUT2D eigenvalue weighted by atomic mass is 9.63. The lowest BCUT2D eigenvalue weighted by molar-refractivity contribution is -0.143. The van der Waals surface area contributed by atoms with Crippen molar-refractivity contribution in [3.63, 3.8) is 0 Å². The van der Waals surface area contributed by atoms with Crippen molar-refractivity contribution in [1.29, 1.82) is 0 Å². The van der Waals surface area contributed by atoms with Crippen molar-refractivity contribution in [3.8, 4) is 0 Å². The maximum Gasteiger partial charge on any atom is 0.137 e. The van der Waals surface area contributed by atoms with Gasteiger partial charge in [0, 0.05) is 24.7 Å². The molecule has 1 aliphatic carbocycles. The Balaban J connectivity index is 2.88. The highest BCUT2D eigenvalue weighted by molar-refractivity contribution is 5.97. The maximum atomic E-state index is 12.1. The van der Waals surface area contributed by atoms with Crippen LogP contribution in [0.25, 0.3) is 0 Å². The van der Waals surface area contributed by atoms with Crippen LogP contribution in [-0.4, -0.2) is 11.6 Å². The van der Waals surface area contributed by atoms with E-state index in [4.69, 9.17) is 0 Å². The Hall–Kier alpha value is -0.660. The third-order valence-corrected chi connectivity index (χ3v) is 3.68. The van der Waals surface area contributed by atoms with Gasteiger partial charge in [-0.1, -0.05) is 41.5 Å². The van der Waals surface area contributed by atoms with Gasteiger partial charge >= 0.3 is 0 Å². The van der Waals surface area contributed by atoms with Crippen molar-refractivity contribution in [2.24, 2.45) is 22.7 Å². The van der Waals surface area contributed by atoms with Crippen LogP contribution >= 0.6 is 0 Å². The molecule has 0 unspecified atom stereocenters. The summed E-state index contributed by atoms with van der Waals surface area (Å²) in [6.07, 6.45) is 0.870. The van der Waals surface area contributed by atoms with Gasteiger partial charge in [-0.2, -0.15) is 0 Å². The molecular formula is C14H24O2. The highest BCUT2D eigenvalue weighted by atomic mass is 16.1. The molecule has 2 heteroatoms. The minimum absolute atomic E-state index is 0.0846. The summed E-state index contributed by atoms with van der Waals surface area (Å²) >= 11 is 0. The quantitative estimate of drug-likeness (QED) is 0.633. The molecular weight excluding hydrogens is 200 g/mol. The average molecular weight is 224 g/mol. The Bertz CT molecular complexity index is 270. The van der Waals surface area contributed by atoms with Crippen molar-refractivity contribution >= 4 is 11.6 Å². The van der Waals surface area contributed by atoms with Gasteiger partial charge in [-0.3, -0.25) is 9.59 Å². The number of rotatable bonds is 0. The Kier molecular flexibility index (Phi) is 3.33. The fraction of sp³-hybridized carbons (Fsp3) is 0.857. The summed E-state index contributed by atoms with van der Waals surface area (Å²) in [6, 6.07) is 0. The zero-order valence-electron chi connectivity index (χ0n) is 11.4. The van der Waals surface area contributed by atoms with E-state index < -0.39 is 0 Å². The highest BCUT2D eigenvalue weighted by Crippen LogP contribution is 2.41. The number of hydrogen-bond acceptors (Lipinski definition) is 2. The van der Waals surface area contributed by atoms with Crippen LogP contribution in [0.5, 0.6) is 0 Å². The van der Waals surface area contributed by atoms with E-state index >= 15 is 0 Å². The molecule has 1 rings (SSSR count). The first-order chi connectivity index (χ1) is 7.03. The van der Waals surface area contributed by atoms with E-state index in [1.54, 1.807) is 0 Å². The molecule has 1 aliphatic rings. The van der Waals surface area contributed by atoms with Crippen LogP contribution in [0.1, 0.15) is 54.4 Å². The molecule has 0 aromatic heterocycles. The monoisotopic (exact) mass is 224 g/mol. The molecule has 2 nitrogen and oxygen atoms in total. The van der Waals surface area contributed by atoms with E-state index in [1.807, 2.05) is 41.5 Å². The third kappa shape index (κ3) is 2.72. The van der Waals surface area contributed by atoms with Crippen molar-refractivity contribution in [2.45, 2.75) is 54.4 Å². The number of ketones is 2. The topological polar surface area (TPSA) is 34.1 Å². The minimum atomic E-state index is -0.0877. The van der Waals surface area contributed by atoms with Crippen LogP contribution in [0.3, 0.4) is 0 Å². The second-order valence-corrected chi connectivity index (χ2v) is 7.18. The SMILES string of the molecule is CC(C)(C)[C@H]1CC(=O)[C@@H](C(C)(C)C)CC1=O. The Labute approximate surface area is 98.8 Å². The summed E-state index contributed by atoms with van der Waals surface area (Å²) in [5.74, 6) is 0.372. The fourth-order valence-corrected chi connectivity index (χ4v) is 2.49. The zero-order chi connectivity index (χ0) is 12.7. The molecule has 0 aliphatic heterocycles. The first-order valence-electron chi connectivity index (χ1n) is 6.09. The molecule has 0 amide bonds. The van der Waals surface area contributed by atoms with Crippen LogP contribution in [0, 0.1) is 22.7 Å². The summed E-state index contributed by atoms with van der Waals surface area (Å²) in [5.41, 5.74) is -0.175. The number of carbonyl (C=O) groups is 2. The molecule has 1 fully saturated rings. The van der Waals surface area contributed by atoms with E-state index in [9.17, 15) is 9.59 Å². The van der Waals surface area contributed by atoms with Gasteiger partial charge in [-0.25, -0.2) is 0 Å². The van der Waals surface area contributed by atoms with Gasteiger partial charge in [-0.05, 0) is 10.8 Å². The van der Waals surface area contributed by atoms with Gasteiger partial charge in [0.05, 0.1) is 0 Å². The van der Waals surface area contributed by atoms with Crippen LogP contribution in [-0.2, 0) is 9.59 Å². The van der Waals surface area contributed by atoms with Crippen LogP contribution in [0.2, 0.25) is 0 Å². The van der Waals surface area contributed by atoms with E-state index in [2.05, 4.69) is 0 Å². The predicted octanol–water partition coefficient (Wildman–Crippen LogP) is 3.24. The molecule has 0 radical (unpaired) electrons. The summed E-state index contributed by atoms with van der Waals surface area (Å²) < 4.78 is 0.